The molecule has 0 amide bonds. The highest BCUT2D eigenvalue weighted by Gasteiger charge is 2.47. The molecular formula is C13H16F3NO2. The van der Waals surface area contributed by atoms with Gasteiger partial charge in [-0.2, -0.15) is 0 Å². The van der Waals surface area contributed by atoms with Gasteiger partial charge in [0.25, 0.3) is 0 Å². The average Bonchev–Trinajstić information content (AvgIpc) is 2.29. The number of rotatable bonds is 3. The number of ether oxygens (including phenoxy) is 1. The molecule has 0 radical (unpaired) electrons. The zero-order valence-electron chi connectivity index (χ0n) is 10.7. The van der Waals surface area contributed by atoms with Gasteiger partial charge in [0.1, 0.15) is 0 Å². The van der Waals surface area contributed by atoms with Gasteiger partial charge in [0, 0.05) is 11.5 Å². The zero-order valence-corrected chi connectivity index (χ0v) is 10.7. The third-order valence-corrected chi connectivity index (χ3v) is 3.66. The Morgan fingerprint density at radius 2 is 1.95 bits per heavy atom. The summed E-state index contributed by atoms with van der Waals surface area (Å²) in [6.07, 6.45) is -4.65. The van der Waals surface area contributed by atoms with Crippen molar-refractivity contribution in [3.8, 4) is 5.75 Å². The van der Waals surface area contributed by atoms with Crippen LogP contribution in [0.25, 0.3) is 0 Å². The molecule has 1 aromatic carbocycles. The van der Waals surface area contributed by atoms with E-state index in [9.17, 15) is 18.3 Å². The number of nitrogens with one attached hydrogen (secondary N) is 1. The first-order chi connectivity index (χ1) is 8.70. The summed E-state index contributed by atoms with van der Waals surface area (Å²) in [5.74, 6) is -0.257. The predicted molar refractivity (Wildman–Crippen MR) is 64.9 cm³/mol. The minimum absolute atomic E-state index is 0.0829. The molecule has 1 aliphatic carbocycles. The molecule has 1 aromatic rings. The number of benzene rings is 1. The standard InChI is InChI=1S/C13H16F3NO2/c1-12(2)10(7-11(12)18)17-8-5-3-4-6-9(8)19-13(14,15)16/h3-6,10-11,17-18H,7H2,1-2H3. The molecule has 0 aliphatic heterocycles. The molecule has 19 heavy (non-hydrogen) atoms. The number of halogens is 3. The molecular weight excluding hydrogens is 259 g/mol. The molecule has 2 atom stereocenters. The highest BCUT2D eigenvalue weighted by Crippen LogP contribution is 2.43. The van der Waals surface area contributed by atoms with Crippen molar-refractivity contribution in [1.29, 1.82) is 0 Å². The molecule has 0 bridgehead atoms. The predicted octanol–water partition coefficient (Wildman–Crippen LogP) is 3.16. The first-order valence-corrected chi connectivity index (χ1v) is 5.99. The molecule has 0 spiro atoms. The minimum Gasteiger partial charge on any atom is -0.404 e. The smallest absolute Gasteiger partial charge is 0.404 e. The van der Waals surface area contributed by atoms with E-state index < -0.39 is 12.5 Å². The highest BCUT2D eigenvalue weighted by molar-refractivity contribution is 5.57. The fourth-order valence-corrected chi connectivity index (χ4v) is 2.13. The van der Waals surface area contributed by atoms with Crippen molar-refractivity contribution in [2.24, 2.45) is 5.41 Å². The Morgan fingerprint density at radius 1 is 1.32 bits per heavy atom. The number of aliphatic hydroxyl groups is 1. The van der Waals surface area contributed by atoms with E-state index in [4.69, 9.17) is 0 Å². The summed E-state index contributed by atoms with van der Waals surface area (Å²) in [7, 11) is 0. The van der Waals surface area contributed by atoms with Gasteiger partial charge in [-0.3, -0.25) is 0 Å². The van der Waals surface area contributed by atoms with Gasteiger partial charge in [-0.15, -0.1) is 13.2 Å². The second-order valence-corrected chi connectivity index (χ2v) is 5.31. The summed E-state index contributed by atoms with van der Waals surface area (Å²) < 4.78 is 40.8. The Hall–Kier alpha value is -1.43. The van der Waals surface area contributed by atoms with Crippen molar-refractivity contribution >= 4 is 5.69 Å². The van der Waals surface area contributed by atoms with Crippen molar-refractivity contribution in [2.45, 2.75) is 38.8 Å². The number of anilines is 1. The number of hydrogen-bond acceptors (Lipinski definition) is 3. The number of aliphatic hydroxyl groups excluding tert-OH is 1. The number of hydrogen-bond donors (Lipinski definition) is 2. The van der Waals surface area contributed by atoms with Gasteiger partial charge in [-0.05, 0) is 18.6 Å². The van der Waals surface area contributed by atoms with Crippen LogP contribution in [0.1, 0.15) is 20.3 Å². The van der Waals surface area contributed by atoms with Gasteiger partial charge < -0.3 is 15.2 Å². The summed E-state index contributed by atoms with van der Waals surface area (Å²) in [5.41, 5.74) is -0.0875. The lowest BCUT2D eigenvalue weighted by Crippen LogP contribution is -2.56. The van der Waals surface area contributed by atoms with Crippen LogP contribution in [0.5, 0.6) is 5.75 Å². The maximum absolute atomic E-state index is 12.3. The van der Waals surface area contributed by atoms with E-state index >= 15 is 0 Å². The van der Waals surface area contributed by atoms with Crippen LogP contribution >= 0.6 is 0 Å². The molecule has 1 aliphatic rings. The van der Waals surface area contributed by atoms with Crippen LogP contribution in [0, 0.1) is 5.41 Å². The summed E-state index contributed by atoms with van der Waals surface area (Å²) in [6.45, 7) is 3.73. The van der Waals surface area contributed by atoms with Gasteiger partial charge >= 0.3 is 6.36 Å². The van der Waals surface area contributed by atoms with E-state index in [1.54, 1.807) is 6.07 Å². The third kappa shape index (κ3) is 2.94. The molecule has 0 aromatic heterocycles. The van der Waals surface area contributed by atoms with Crippen LogP contribution in [0.15, 0.2) is 24.3 Å². The largest absolute Gasteiger partial charge is 0.573 e. The normalized spacial score (nSPS) is 25.6. The third-order valence-electron chi connectivity index (χ3n) is 3.66. The molecule has 3 nitrogen and oxygen atoms in total. The lowest BCUT2D eigenvalue weighted by Gasteiger charge is -2.50. The lowest BCUT2D eigenvalue weighted by atomic mass is 9.64. The van der Waals surface area contributed by atoms with Gasteiger partial charge in [0.15, 0.2) is 5.75 Å². The van der Waals surface area contributed by atoms with E-state index in [-0.39, 0.29) is 22.9 Å². The SMILES string of the molecule is CC1(C)C(O)CC1Nc1ccccc1OC(F)(F)F. The van der Waals surface area contributed by atoms with Gasteiger partial charge in [0.2, 0.25) is 0 Å². The Morgan fingerprint density at radius 3 is 2.47 bits per heavy atom. The minimum atomic E-state index is -4.72. The van der Waals surface area contributed by atoms with Crippen molar-refractivity contribution in [2.75, 3.05) is 5.32 Å². The molecule has 1 fully saturated rings. The van der Waals surface area contributed by atoms with Crippen molar-refractivity contribution in [1.82, 2.24) is 0 Å². The van der Waals surface area contributed by atoms with Crippen LogP contribution in [0.2, 0.25) is 0 Å². The average molecular weight is 275 g/mol. The van der Waals surface area contributed by atoms with Gasteiger partial charge in [-0.25, -0.2) is 0 Å². The summed E-state index contributed by atoms with van der Waals surface area (Å²) >= 11 is 0. The first kappa shape index (κ1) is 14.0. The fraction of sp³-hybridized carbons (Fsp3) is 0.538. The summed E-state index contributed by atoms with van der Waals surface area (Å²) in [6, 6.07) is 5.82. The van der Waals surface area contributed by atoms with E-state index in [0.29, 0.717) is 6.42 Å². The van der Waals surface area contributed by atoms with E-state index in [1.807, 2.05) is 13.8 Å². The topological polar surface area (TPSA) is 41.5 Å². The van der Waals surface area contributed by atoms with Crippen LogP contribution < -0.4 is 10.1 Å². The van der Waals surface area contributed by atoms with Gasteiger partial charge in [-0.1, -0.05) is 26.0 Å². The first-order valence-electron chi connectivity index (χ1n) is 5.99. The molecule has 6 heteroatoms. The number of para-hydroxylation sites is 2. The fourth-order valence-electron chi connectivity index (χ4n) is 2.13. The van der Waals surface area contributed by atoms with E-state index in [1.165, 1.54) is 18.2 Å². The quantitative estimate of drug-likeness (QED) is 0.890. The van der Waals surface area contributed by atoms with Crippen molar-refractivity contribution < 1.29 is 23.0 Å². The van der Waals surface area contributed by atoms with Crippen LogP contribution in [-0.4, -0.2) is 23.6 Å². The van der Waals surface area contributed by atoms with E-state index in [0.717, 1.165) is 0 Å². The monoisotopic (exact) mass is 275 g/mol. The Balaban J connectivity index is 2.13. The zero-order chi connectivity index (χ0) is 14.3. The summed E-state index contributed by atoms with van der Waals surface area (Å²) in [5, 5.41) is 12.6. The maximum atomic E-state index is 12.3. The molecule has 2 N–H and O–H groups in total. The second-order valence-electron chi connectivity index (χ2n) is 5.31. The van der Waals surface area contributed by atoms with Crippen LogP contribution in [0.3, 0.4) is 0 Å². The van der Waals surface area contributed by atoms with Gasteiger partial charge in [0.05, 0.1) is 11.8 Å². The Bertz CT molecular complexity index is 459. The Labute approximate surface area is 109 Å². The maximum Gasteiger partial charge on any atom is 0.573 e. The molecule has 0 saturated heterocycles. The van der Waals surface area contributed by atoms with Crippen LogP contribution in [-0.2, 0) is 0 Å². The molecule has 2 rings (SSSR count). The molecule has 106 valence electrons. The number of alkyl halides is 3. The van der Waals surface area contributed by atoms with E-state index in [2.05, 4.69) is 10.1 Å². The lowest BCUT2D eigenvalue weighted by molar-refractivity contribution is -0.274. The Kier molecular flexibility index (Phi) is 3.38. The highest BCUT2D eigenvalue weighted by atomic mass is 19.4. The summed E-state index contributed by atoms with van der Waals surface area (Å²) in [4.78, 5) is 0. The van der Waals surface area contributed by atoms with Crippen molar-refractivity contribution in [3.63, 3.8) is 0 Å². The molecule has 2 unspecified atom stereocenters. The van der Waals surface area contributed by atoms with Crippen molar-refractivity contribution in [3.05, 3.63) is 24.3 Å². The second kappa shape index (κ2) is 4.59. The van der Waals surface area contributed by atoms with Crippen LogP contribution in [0.4, 0.5) is 18.9 Å². The molecule has 1 saturated carbocycles. The molecule has 0 heterocycles.